The van der Waals surface area contributed by atoms with Crippen molar-refractivity contribution in [2.45, 2.75) is 6.92 Å². The average Bonchev–Trinajstić information content (AvgIpc) is 1.36. The molecule has 0 aliphatic heterocycles. The summed E-state index contributed by atoms with van der Waals surface area (Å²) in [5.74, 6) is -0.00407. The van der Waals surface area contributed by atoms with Gasteiger partial charge in [-0.25, -0.2) is 2.14 Å². The van der Waals surface area contributed by atoms with Gasteiger partial charge >= 0.3 is 0 Å². The fraction of sp³-hybridized carbons (Fsp3) is 0.500. The van der Waals surface area contributed by atoms with E-state index in [1.807, 2.05) is 22.9 Å². The Hall–Kier alpha value is 0.680. The second-order valence-electron chi connectivity index (χ2n) is 0.752. The molecule has 0 radical (unpaired) electrons. The van der Waals surface area contributed by atoms with Gasteiger partial charge in [-0.1, -0.05) is 0 Å². The molecule has 0 N–H and O–H groups in total. The first-order valence-corrected chi connectivity index (χ1v) is 2.94. The topological polar surface area (TPSA) is 20.3 Å². The zero-order chi connectivity index (χ0) is 5.15. The molecule has 0 aliphatic carbocycles. The van der Waals surface area contributed by atoms with Crippen LogP contribution in [0.5, 0.6) is 0 Å². The third kappa shape index (κ3) is 2.89. The predicted molar refractivity (Wildman–Crippen MR) is 35.5 cm³/mol. The van der Waals surface area contributed by atoms with Gasteiger partial charge in [0.05, 0.1) is 39.0 Å². The van der Waals surface area contributed by atoms with Gasteiger partial charge in [-0.3, -0.25) is 4.79 Å². The fourth-order valence-corrected chi connectivity index (χ4v) is 0. The van der Waals surface area contributed by atoms with Crippen molar-refractivity contribution in [3.05, 3.63) is 0 Å². The highest BCUT2D eigenvalue weighted by Gasteiger charge is 1.93. The summed E-state index contributed by atoms with van der Waals surface area (Å²) in [6, 6.07) is 0. The van der Waals surface area contributed by atoms with Gasteiger partial charge < -0.3 is 0 Å². The fourth-order valence-electron chi connectivity index (χ4n) is 0. The third-order valence-corrected chi connectivity index (χ3v) is 1.42. The largest absolute Gasteiger partial charge is 0.274 e. The Bertz CT molecular complexity index is 64.6. The standard InChI is InChI=1S/C2H3BrINO/c1-2(6)5(3)4/h1H3. The maximum atomic E-state index is 10.0. The maximum Gasteiger partial charge on any atom is 0.238 e. The molecule has 0 fully saturated rings. The van der Waals surface area contributed by atoms with Crippen LogP contribution in [0.3, 0.4) is 0 Å². The molecule has 4 heteroatoms. The minimum absolute atomic E-state index is 0.00407. The van der Waals surface area contributed by atoms with Gasteiger partial charge in [0.15, 0.2) is 0 Å². The molecular weight excluding hydrogens is 261 g/mol. The van der Waals surface area contributed by atoms with E-state index in [1.165, 1.54) is 9.06 Å². The van der Waals surface area contributed by atoms with E-state index in [0.29, 0.717) is 0 Å². The van der Waals surface area contributed by atoms with Gasteiger partial charge in [0.1, 0.15) is 0 Å². The number of carbonyl (C=O) groups is 1. The number of amides is 1. The van der Waals surface area contributed by atoms with Crippen molar-refractivity contribution in [2.75, 3.05) is 0 Å². The van der Waals surface area contributed by atoms with Gasteiger partial charge in [0.2, 0.25) is 5.91 Å². The van der Waals surface area contributed by atoms with Crippen molar-refractivity contribution in [1.82, 2.24) is 2.14 Å². The first-order chi connectivity index (χ1) is 2.64. The molecule has 0 rings (SSSR count). The van der Waals surface area contributed by atoms with E-state index in [-0.39, 0.29) is 5.91 Å². The highest BCUT2D eigenvalue weighted by Crippen LogP contribution is 2.04. The van der Waals surface area contributed by atoms with Crippen molar-refractivity contribution >= 4 is 44.9 Å². The van der Waals surface area contributed by atoms with Crippen molar-refractivity contribution in [2.24, 2.45) is 0 Å². The number of carbonyl (C=O) groups excluding carboxylic acids is 1. The van der Waals surface area contributed by atoms with Crippen LogP contribution in [0, 0.1) is 0 Å². The maximum absolute atomic E-state index is 10.0. The Morgan fingerprint density at radius 2 is 2.17 bits per heavy atom. The predicted octanol–water partition coefficient (Wildman–Crippen LogP) is 1.49. The lowest BCUT2D eigenvalue weighted by Gasteiger charge is -1.94. The summed E-state index contributed by atoms with van der Waals surface area (Å²) in [5, 5.41) is 0. The highest BCUT2D eigenvalue weighted by atomic mass is 127. The Kier molecular flexibility index (Phi) is 3.10. The molecule has 0 unspecified atom stereocenters. The van der Waals surface area contributed by atoms with Crippen LogP contribution in [-0.4, -0.2) is 8.05 Å². The number of hydrogen-bond acceptors (Lipinski definition) is 1. The lowest BCUT2D eigenvalue weighted by Crippen LogP contribution is -2.01. The normalized spacial score (nSPS) is 7.83. The van der Waals surface area contributed by atoms with Crippen LogP contribution in [0.1, 0.15) is 6.92 Å². The summed E-state index contributed by atoms with van der Waals surface area (Å²) < 4.78 is 1.31. The van der Waals surface area contributed by atoms with E-state index in [4.69, 9.17) is 0 Å². The second kappa shape index (κ2) is 2.79. The summed E-state index contributed by atoms with van der Waals surface area (Å²) in [6.45, 7) is 1.47. The molecule has 0 heterocycles. The Morgan fingerprint density at radius 3 is 2.17 bits per heavy atom. The van der Waals surface area contributed by atoms with Crippen LogP contribution in [0.4, 0.5) is 0 Å². The van der Waals surface area contributed by atoms with Crippen LogP contribution < -0.4 is 0 Å². The molecule has 0 aliphatic rings. The van der Waals surface area contributed by atoms with Gasteiger partial charge in [-0.2, -0.15) is 0 Å². The number of nitrogens with zero attached hydrogens (tertiary/aromatic N) is 1. The molecule has 0 spiro atoms. The van der Waals surface area contributed by atoms with Gasteiger partial charge in [0, 0.05) is 6.92 Å². The molecule has 0 saturated carbocycles. The van der Waals surface area contributed by atoms with E-state index < -0.39 is 0 Å². The minimum atomic E-state index is -0.00407. The van der Waals surface area contributed by atoms with Crippen molar-refractivity contribution in [1.29, 1.82) is 0 Å². The van der Waals surface area contributed by atoms with E-state index in [2.05, 4.69) is 16.1 Å². The quantitative estimate of drug-likeness (QED) is 0.479. The molecule has 0 saturated heterocycles. The Balaban J connectivity index is 3.26. The molecule has 0 atom stereocenters. The highest BCUT2D eigenvalue weighted by molar-refractivity contribution is 14.1. The average molecular weight is 264 g/mol. The second-order valence-corrected chi connectivity index (χ2v) is 3.75. The molecule has 0 aromatic carbocycles. The zero-order valence-corrected chi connectivity index (χ0v) is 6.85. The lowest BCUT2D eigenvalue weighted by atomic mass is 10.8. The monoisotopic (exact) mass is 263 g/mol. The van der Waals surface area contributed by atoms with Gasteiger partial charge in [-0.05, 0) is 0 Å². The Labute approximate surface area is 58.7 Å². The van der Waals surface area contributed by atoms with Crippen LogP contribution in [0.25, 0.3) is 0 Å². The summed E-state index contributed by atoms with van der Waals surface area (Å²) in [5.41, 5.74) is 0. The first kappa shape index (κ1) is 6.68. The van der Waals surface area contributed by atoms with E-state index in [1.54, 1.807) is 0 Å². The number of halogens is 2. The molecule has 0 aromatic heterocycles. The third-order valence-electron chi connectivity index (χ3n) is 0.238. The minimum Gasteiger partial charge on any atom is -0.274 e. The van der Waals surface area contributed by atoms with Crippen LogP contribution in [-0.2, 0) is 4.79 Å². The SMILES string of the molecule is CC(=O)N(Br)I. The summed E-state index contributed by atoms with van der Waals surface area (Å²) in [6.07, 6.45) is 0. The van der Waals surface area contributed by atoms with Gasteiger partial charge in [-0.15, -0.1) is 0 Å². The van der Waals surface area contributed by atoms with Crippen molar-refractivity contribution < 1.29 is 4.79 Å². The summed E-state index contributed by atoms with van der Waals surface area (Å²) in [7, 11) is 0. The van der Waals surface area contributed by atoms with E-state index in [9.17, 15) is 4.79 Å². The smallest absolute Gasteiger partial charge is 0.238 e. The van der Waals surface area contributed by atoms with Crippen LogP contribution in [0.15, 0.2) is 0 Å². The van der Waals surface area contributed by atoms with E-state index in [0.717, 1.165) is 0 Å². The molecule has 36 valence electrons. The van der Waals surface area contributed by atoms with Crippen LogP contribution >= 0.6 is 39.0 Å². The molecule has 0 aromatic rings. The van der Waals surface area contributed by atoms with Crippen LogP contribution in [0.2, 0.25) is 0 Å². The number of hydrogen-bond donors (Lipinski definition) is 0. The van der Waals surface area contributed by atoms with E-state index >= 15 is 0 Å². The van der Waals surface area contributed by atoms with Crippen molar-refractivity contribution in [3.63, 3.8) is 0 Å². The first-order valence-electron chi connectivity index (χ1n) is 1.27. The lowest BCUT2D eigenvalue weighted by molar-refractivity contribution is -0.119. The van der Waals surface area contributed by atoms with Crippen molar-refractivity contribution in [3.8, 4) is 0 Å². The Morgan fingerprint density at radius 1 is 2.00 bits per heavy atom. The summed E-state index contributed by atoms with van der Waals surface area (Å²) in [4.78, 5) is 10.0. The molecule has 6 heavy (non-hydrogen) atoms. The molecule has 2 nitrogen and oxygen atoms in total. The van der Waals surface area contributed by atoms with Gasteiger partial charge in [0.25, 0.3) is 0 Å². The summed E-state index contributed by atoms with van der Waals surface area (Å²) >= 11 is 4.74. The molecular formula is C2H3BrINO. The zero-order valence-electron chi connectivity index (χ0n) is 3.11. The molecule has 1 amide bonds. The molecule has 0 bridgehead atoms. The number of rotatable bonds is 0.